The zero-order chi connectivity index (χ0) is 18.1. The van der Waals surface area contributed by atoms with Crippen molar-refractivity contribution in [2.45, 2.75) is 6.61 Å². The fourth-order valence-electron chi connectivity index (χ4n) is 2.52. The van der Waals surface area contributed by atoms with E-state index in [2.05, 4.69) is 10.1 Å². The van der Waals surface area contributed by atoms with E-state index in [0.717, 1.165) is 5.75 Å². The molecule has 4 aromatic rings. The lowest BCUT2D eigenvalue weighted by molar-refractivity contribution is 0.242. The molecule has 2 aromatic carbocycles. The molecule has 4 rings (SSSR count). The summed E-state index contributed by atoms with van der Waals surface area (Å²) in [6, 6.07) is 12.5. The van der Waals surface area contributed by atoms with Crippen LogP contribution in [0.2, 0.25) is 0 Å². The Labute approximate surface area is 147 Å². The summed E-state index contributed by atoms with van der Waals surface area (Å²) in [6.45, 7) is 0.141. The summed E-state index contributed by atoms with van der Waals surface area (Å²) >= 11 is 0. The zero-order valence-electron chi connectivity index (χ0n) is 14.1. The number of hydrogen-bond donors (Lipinski definition) is 0. The van der Waals surface area contributed by atoms with Crippen molar-refractivity contribution in [3.05, 3.63) is 58.9 Å². The van der Waals surface area contributed by atoms with Crippen LogP contribution < -0.4 is 15.2 Å². The normalized spacial score (nSPS) is 11.0. The van der Waals surface area contributed by atoms with Crippen molar-refractivity contribution in [1.82, 2.24) is 14.7 Å². The molecule has 132 valence electrons. The predicted molar refractivity (Wildman–Crippen MR) is 92.1 cm³/mol. The second-order valence-corrected chi connectivity index (χ2v) is 5.59. The van der Waals surface area contributed by atoms with Crippen LogP contribution in [-0.4, -0.2) is 21.8 Å². The topological polar surface area (TPSA) is 92.5 Å². The lowest BCUT2D eigenvalue weighted by Crippen LogP contribution is -2.08. The van der Waals surface area contributed by atoms with Gasteiger partial charge in [-0.15, -0.1) is 0 Å². The Kier molecular flexibility index (Phi) is 3.92. The number of oxazole rings is 1. The predicted octanol–water partition coefficient (Wildman–Crippen LogP) is 2.77. The molecule has 0 saturated heterocycles. The van der Waals surface area contributed by atoms with Crippen LogP contribution in [0.15, 0.2) is 56.2 Å². The number of fused-ring (bicyclic) bond motifs is 1. The van der Waals surface area contributed by atoms with Crippen LogP contribution in [-0.2, 0) is 13.7 Å². The SMILES string of the molecule is COc1ccc(OCc2nc(-c3ccc4c(c3)oc(=O)n4C)no2)cc1. The Morgan fingerprint density at radius 2 is 1.88 bits per heavy atom. The van der Waals surface area contributed by atoms with Gasteiger partial charge in [-0.2, -0.15) is 4.98 Å². The van der Waals surface area contributed by atoms with E-state index in [9.17, 15) is 4.79 Å². The van der Waals surface area contributed by atoms with Crippen molar-refractivity contribution in [1.29, 1.82) is 0 Å². The number of nitrogens with zero attached hydrogens (tertiary/aromatic N) is 3. The van der Waals surface area contributed by atoms with Gasteiger partial charge in [-0.3, -0.25) is 4.57 Å². The molecule has 8 nitrogen and oxygen atoms in total. The maximum Gasteiger partial charge on any atom is 0.419 e. The van der Waals surface area contributed by atoms with Crippen molar-refractivity contribution in [3.8, 4) is 22.9 Å². The van der Waals surface area contributed by atoms with Gasteiger partial charge in [0.15, 0.2) is 12.2 Å². The molecule has 26 heavy (non-hydrogen) atoms. The molecule has 0 aliphatic heterocycles. The first-order valence-corrected chi connectivity index (χ1v) is 7.83. The largest absolute Gasteiger partial charge is 0.497 e. The molecule has 0 unspecified atom stereocenters. The molecule has 2 heterocycles. The number of aromatic nitrogens is 3. The molecule has 0 radical (unpaired) electrons. The number of rotatable bonds is 5. The fraction of sp³-hybridized carbons (Fsp3) is 0.167. The van der Waals surface area contributed by atoms with Crippen molar-refractivity contribution in [3.63, 3.8) is 0 Å². The van der Waals surface area contributed by atoms with Crippen LogP contribution in [0.3, 0.4) is 0 Å². The molecule has 0 bridgehead atoms. The molecule has 0 fully saturated rings. The quantitative estimate of drug-likeness (QED) is 0.544. The second kappa shape index (κ2) is 6.40. The molecule has 0 spiro atoms. The number of methoxy groups -OCH3 is 1. The summed E-state index contributed by atoms with van der Waals surface area (Å²) in [4.78, 5) is 15.9. The summed E-state index contributed by atoms with van der Waals surface area (Å²) in [5.74, 6) is 1.73. The van der Waals surface area contributed by atoms with E-state index >= 15 is 0 Å². The van der Waals surface area contributed by atoms with Gasteiger partial charge in [0.05, 0.1) is 12.6 Å². The van der Waals surface area contributed by atoms with E-state index in [1.807, 2.05) is 0 Å². The first-order chi connectivity index (χ1) is 12.6. The van der Waals surface area contributed by atoms with Crippen molar-refractivity contribution >= 4 is 11.1 Å². The van der Waals surface area contributed by atoms with Gasteiger partial charge >= 0.3 is 5.76 Å². The highest BCUT2D eigenvalue weighted by Crippen LogP contribution is 2.22. The smallest absolute Gasteiger partial charge is 0.419 e. The van der Waals surface area contributed by atoms with Crippen molar-refractivity contribution in [2.75, 3.05) is 7.11 Å². The highest BCUT2D eigenvalue weighted by molar-refractivity contribution is 5.78. The summed E-state index contributed by atoms with van der Waals surface area (Å²) in [5.41, 5.74) is 1.85. The Balaban J connectivity index is 1.51. The van der Waals surface area contributed by atoms with Crippen LogP contribution in [0, 0.1) is 0 Å². The maximum absolute atomic E-state index is 11.6. The molecule has 0 N–H and O–H groups in total. The van der Waals surface area contributed by atoms with Gasteiger partial charge < -0.3 is 18.4 Å². The third kappa shape index (κ3) is 2.92. The molecule has 0 atom stereocenters. The molecular formula is C18H15N3O5. The third-order valence-corrected chi connectivity index (χ3v) is 3.94. The van der Waals surface area contributed by atoms with Crippen LogP contribution in [0.4, 0.5) is 0 Å². The number of aryl methyl sites for hydroxylation is 1. The average Bonchev–Trinajstić information content (AvgIpc) is 3.25. The monoisotopic (exact) mass is 353 g/mol. The minimum atomic E-state index is -0.418. The summed E-state index contributed by atoms with van der Waals surface area (Å²) < 4.78 is 22.5. The number of hydrogen-bond acceptors (Lipinski definition) is 7. The standard InChI is InChI=1S/C18H15N3O5/c1-21-14-8-3-11(9-15(14)25-18(21)22)17-19-16(26-20-17)10-24-13-6-4-12(23-2)5-7-13/h3-9H,10H2,1-2H3. The van der Waals surface area contributed by atoms with Crippen molar-refractivity contribution < 1.29 is 18.4 Å². The average molecular weight is 353 g/mol. The molecule has 0 saturated carbocycles. The summed E-state index contributed by atoms with van der Waals surface area (Å²) in [7, 11) is 3.25. The lowest BCUT2D eigenvalue weighted by Gasteiger charge is -2.04. The lowest BCUT2D eigenvalue weighted by atomic mass is 10.2. The van der Waals surface area contributed by atoms with Gasteiger partial charge in [-0.1, -0.05) is 5.16 Å². The maximum atomic E-state index is 11.6. The molecule has 8 heteroatoms. The first-order valence-electron chi connectivity index (χ1n) is 7.83. The first kappa shape index (κ1) is 15.9. The van der Waals surface area contributed by atoms with Gasteiger partial charge in [0.25, 0.3) is 5.89 Å². The van der Waals surface area contributed by atoms with Gasteiger partial charge in [0.1, 0.15) is 11.5 Å². The zero-order valence-corrected chi connectivity index (χ0v) is 14.1. The molecule has 2 aromatic heterocycles. The Hall–Kier alpha value is -3.55. The molecule has 0 aliphatic rings. The summed E-state index contributed by atoms with van der Waals surface area (Å²) in [5, 5.41) is 3.95. The van der Waals surface area contributed by atoms with E-state index in [1.165, 1.54) is 4.57 Å². The van der Waals surface area contributed by atoms with Gasteiger partial charge in [0.2, 0.25) is 5.82 Å². The van der Waals surface area contributed by atoms with E-state index in [1.54, 1.807) is 56.6 Å². The van der Waals surface area contributed by atoms with E-state index in [4.69, 9.17) is 18.4 Å². The fourth-order valence-corrected chi connectivity index (χ4v) is 2.52. The van der Waals surface area contributed by atoms with E-state index in [-0.39, 0.29) is 6.61 Å². The van der Waals surface area contributed by atoms with Crippen LogP contribution in [0.1, 0.15) is 5.89 Å². The van der Waals surface area contributed by atoms with Gasteiger partial charge in [0, 0.05) is 12.6 Å². The molecule has 0 amide bonds. The Morgan fingerprint density at radius 3 is 2.65 bits per heavy atom. The number of benzene rings is 2. The van der Waals surface area contributed by atoms with Crippen molar-refractivity contribution in [2.24, 2.45) is 7.05 Å². The third-order valence-electron chi connectivity index (χ3n) is 3.94. The highest BCUT2D eigenvalue weighted by atomic mass is 16.5. The summed E-state index contributed by atoms with van der Waals surface area (Å²) in [6.07, 6.45) is 0. The number of ether oxygens (including phenoxy) is 2. The highest BCUT2D eigenvalue weighted by Gasteiger charge is 2.12. The Morgan fingerprint density at radius 1 is 1.12 bits per heavy atom. The minimum absolute atomic E-state index is 0.141. The minimum Gasteiger partial charge on any atom is -0.497 e. The van der Waals surface area contributed by atoms with Crippen LogP contribution in [0.5, 0.6) is 11.5 Å². The second-order valence-electron chi connectivity index (χ2n) is 5.59. The van der Waals surface area contributed by atoms with Crippen LogP contribution >= 0.6 is 0 Å². The van der Waals surface area contributed by atoms with Crippen LogP contribution in [0.25, 0.3) is 22.5 Å². The Bertz CT molecular complexity index is 1110. The van der Waals surface area contributed by atoms with Gasteiger partial charge in [-0.05, 0) is 42.5 Å². The molecular weight excluding hydrogens is 338 g/mol. The van der Waals surface area contributed by atoms with E-state index < -0.39 is 5.76 Å². The van der Waals surface area contributed by atoms with Gasteiger partial charge in [-0.25, -0.2) is 4.79 Å². The van der Waals surface area contributed by atoms with E-state index in [0.29, 0.717) is 34.1 Å². The molecule has 0 aliphatic carbocycles.